The SMILES string of the molecule is CCCC(=O)Nc1ccc(SC(C(=O)Nc2nc(-c3ccc(C)cc3)c(C)s2)c2ccccc2)cc1. The van der Waals surface area contributed by atoms with E-state index in [4.69, 9.17) is 4.98 Å². The minimum atomic E-state index is -0.459. The average Bonchev–Trinajstić information content (AvgIpc) is 3.24. The molecule has 0 aliphatic carbocycles. The van der Waals surface area contributed by atoms with E-state index in [1.165, 1.54) is 28.7 Å². The molecule has 0 saturated heterocycles. The summed E-state index contributed by atoms with van der Waals surface area (Å²) in [5, 5.41) is 6.07. The van der Waals surface area contributed by atoms with Crippen LogP contribution in [0, 0.1) is 13.8 Å². The van der Waals surface area contributed by atoms with Crippen LogP contribution in [0.2, 0.25) is 0 Å². The molecule has 0 aliphatic rings. The van der Waals surface area contributed by atoms with Crippen LogP contribution in [-0.2, 0) is 9.59 Å². The molecule has 5 nitrogen and oxygen atoms in total. The van der Waals surface area contributed by atoms with Gasteiger partial charge in [0.1, 0.15) is 5.25 Å². The topological polar surface area (TPSA) is 71.1 Å². The van der Waals surface area contributed by atoms with Crippen molar-refractivity contribution in [2.75, 3.05) is 10.6 Å². The molecule has 3 aromatic carbocycles. The van der Waals surface area contributed by atoms with Crippen LogP contribution in [-0.4, -0.2) is 16.8 Å². The number of thiazole rings is 1. The maximum Gasteiger partial charge on any atom is 0.244 e. The maximum atomic E-state index is 13.5. The quantitative estimate of drug-likeness (QED) is 0.225. The Labute approximate surface area is 220 Å². The van der Waals surface area contributed by atoms with Gasteiger partial charge in [-0.1, -0.05) is 67.1 Å². The molecule has 0 bridgehead atoms. The van der Waals surface area contributed by atoms with Crippen molar-refractivity contribution in [3.63, 3.8) is 0 Å². The molecule has 0 fully saturated rings. The van der Waals surface area contributed by atoms with Crippen LogP contribution in [0.1, 0.15) is 41.0 Å². The van der Waals surface area contributed by atoms with Gasteiger partial charge in [0.2, 0.25) is 11.8 Å². The van der Waals surface area contributed by atoms with Crippen LogP contribution in [0.15, 0.2) is 83.8 Å². The lowest BCUT2D eigenvalue weighted by molar-refractivity contribution is -0.116. The number of carbonyl (C=O) groups excluding carboxylic acids is 2. The Bertz CT molecular complexity index is 1320. The smallest absolute Gasteiger partial charge is 0.244 e. The fourth-order valence-corrected chi connectivity index (χ4v) is 5.57. The monoisotopic (exact) mass is 515 g/mol. The first-order valence-corrected chi connectivity index (χ1v) is 13.6. The van der Waals surface area contributed by atoms with Crippen molar-refractivity contribution in [1.29, 1.82) is 0 Å². The lowest BCUT2D eigenvalue weighted by Crippen LogP contribution is -2.19. The Balaban J connectivity index is 1.52. The zero-order valence-corrected chi connectivity index (χ0v) is 22.2. The number of hydrogen-bond acceptors (Lipinski definition) is 5. The van der Waals surface area contributed by atoms with Crippen LogP contribution in [0.3, 0.4) is 0 Å². The van der Waals surface area contributed by atoms with Crippen LogP contribution in [0.4, 0.5) is 10.8 Å². The van der Waals surface area contributed by atoms with Gasteiger partial charge in [0.25, 0.3) is 0 Å². The summed E-state index contributed by atoms with van der Waals surface area (Å²) in [6.45, 7) is 6.05. The first-order chi connectivity index (χ1) is 17.4. The third kappa shape index (κ3) is 6.62. The third-order valence-electron chi connectivity index (χ3n) is 5.56. The molecule has 1 atom stereocenters. The molecular formula is C29H29N3O2S2. The van der Waals surface area contributed by atoms with Gasteiger partial charge in [-0.2, -0.15) is 0 Å². The lowest BCUT2D eigenvalue weighted by atomic mass is 10.1. The molecule has 2 amide bonds. The van der Waals surface area contributed by atoms with Crippen molar-refractivity contribution in [2.45, 2.75) is 43.8 Å². The molecule has 0 radical (unpaired) electrons. The minimum Gasteiger partial charge on any atom is -0.326 e. The Hall–Kier alpha value is -3.42. The molecule has 4 rings (SSSR count). The average molecular weight is 516 g/mol. The van der Waals surface area contributed by atoms with E-state index < -0.39 is 5.25 Å². The normalized spacial score (nSPS) is 11.6. The van der Waals surface area contributed by atoms with Gasteiger partial charge in [0.15, 0.2) is 5.13 Å². The van der Waals surface area contributed by atoms with Crippen LogP contribution in [0.5, 0.6) is 0 Å². The van der Waals surface area contributed by atoms with E-state index in [1.54, 1.807) is 0 Å². The fourth-order valence-electron chi connectivity index (χ4n) is 3.70. The van der Waals surface area contributed by atoms with Gasteiger partial charge in [-0.25, -0.2) is 4.98 Å². The summed E-state index contributed by atoms with van der Waals surface area (Å²) < 4.78 is 0. The summed E-state index contributed by atoms with van der Waals surface area (Å²) in [5.74, 6) is -0.126. The van der Waals surface area contributed by atoms with E-state index in [-0.39, 0.29) is 11.8 Å². The highest BCUT2D eigenvalue weighted by Crippen LogP contribution is 2.38. The van der Waals surface area contributed by atoms with Gasteiger partial charge >= 0.3 is 0 Å². The van der Waals surface area contributed by atoms with Gasteiger partial charge in [-0.3, -0.25) is 9.59 Å². The van der Waals surface area contributed by atoms with E-state index in [0.717, 1.165) is 38.7 Å². The maximum absolute atomic E-state index is 13.5. The Morgan fingerprint density at radius 2 is 1.61 bits per heavy atom. The summed E-state index contributed by atoms with van der Waals surface area (Å²) in [7, 11) is 0. The van der Waals surface area contributed by atoms with E-state index >= 15 is 0 Å². The van der Waals surface area contributed by atoms with Gasteiger partial charge in [0, 0.05) is 27.4 Å². The predicted molar refractivity (Wildman–Crippen MR) is 151 cm³/mol. The zero-order chi connectivity index (χ0) is 25.5. The number of anilines is 2. The molecule has 0 spiro atoms. The summed E-state index contributed by atoms with van der Waals surface area (Å²) in [6, 6.07) is 25.6. The summed E-state index contributed by atoms with van der Waals surface area (Å²) in [6.07, 6.45) is 1.30. The Morgan fingerprint density at radius 1 is 0.917 bits per heavy atom. The van der Waals surface area contributed by atoms with Crippen molar-refractivity contribution in [1.82, 2.24) is 4.98 Å². The van der Waals surface area contributed by atoms with E-state index in [2.05, 4.69) is 41.8 Å². The van der Waals surface area contributed by atoms with Crippen LogP contribution >= 0.6 is 23.1 Å². The number of aryl methyl sites for hydroxylation is 2. The Kier molecular flexibility index (Phi) is 8.57. The molecule has 0 saturated carbocycles. The summed E-state index contributed by atoms with van der Waals surface area (Å²) in [5.41, 5.74) is 4.78. The predicted octanol–water partition coefficient (Wildman–Crippen LogP) is 7.64. The van der Waals surface area contributed by atoms with Crippen molar-refractivity contribution < 1.29 is 9.59 Å². The highest BCUT2D eigenvalue weighted by Gasteiger charge is 2.24. The van der Waals surface area contributed by atoms with Gasteiger partial charge in [0.05, 0.1) is 5.69 Å². The minimum absolute atomic E-state index is 0.00295. The molecule has 4 aromatic rings. The number of nitrogens with zero attached hydrogens (tertiary/aromatic N) is 1. The molecule has 7 heteroatoms. The number of benzene rings is 3. The third-order valence-corrected chi connectivity index (χ3v) is 7.71. The van der Waals surface area contributed by atoms with Gasteiger partial charge in [-0.05, 0) is 50.1 Å². The van der Waals surface area contributed by atoms with Crippen LogP contribution in [0.25, 0.3) is 11.3 Å². The van der Waals surface area contributed by atoms with Crippen molar-refractivity contribution in [3.8, 4) is 11.3 Å². The van der Waals surface area contributed by atoms with Crippen LogP contribution < -0.4 is 10.6 Å². The first kappa shape index (κ1) is 25.7. The first-order valence-electron chi connectivity index (χ1n) is 11.9. The number of hydrogen-bond donors (Lipinski definition) is 2. The number of nitrogens with one attached hydrogen (secondary N) is 2. The van der Waals surface area contributed by atoms with E-state index in [1.807, 2.05) is 68.4 Å². The molecule has 2 N–H and O–H groups in total. The number of rotatable bonds is 9. The van der Waals surface area contributed by atoms with Gasteiger partial charge < -0.3 is 10.6 Å². The summed E-state index contributed by atoms with van der Waals surface area (Å²) in [4.78, 5) is 32.1. The molecule has 1 aromatic heterocycles. The Morgan fingerprint density at radius 3 is 2.28 bits per heavy atom. The molecule has 1 unspecified atom stereocenters. The summed E-state index contributed by atoms with van der Waals surface area (Å²) >= 11 is 2.95. The molecule has 1 heterocycles. The molecule has 184 valence electrons. The number of thioether (sulfide) groups is 1. The van der Waals surface area contributed by atoms with Gasteiger partial charge in [-0.15, -0.1) is 23.1 Å². The second-order valence-corrected chi connectivity index (χ2v) is 10.9. The largest absolute Gasteiger partial charge is 0.326 e. The molecule has 0 aliphatic heterocycles. The van der Waals surface area contributed by atoms with Crippen molar-refractivity contribution in [2.24, 2.45) is 0 Å². The number of aromatic nitrogens is 1. The molecule has 36 heavy (non-hydrogen) atoms. The highest BCUT2D eigenvalue weighted by atomic mass is 32.2. The fraction of sp³-hybridized carbons (Fsp3) is 0.207. The highest BCUT2D eigenvalue weighted by molar-refractivity contribution is 8.00. The lowest BCUT2D eigenvalue weighted by Gasteiger charge is -2.16. The second kappa shape index (κ2) is 12.0. The van der Waals surface area contributed by atoms with E-state index in [9.17, 15) is 9.59 Å². The second-order valence-electron chi connectivity index (χ2n) is 8.51. The number of amides is 2. The van der Waals surface area contributed by atoms with E-state index in [0.29, 0.717) is 11.6 Å². The molecular weight excluding hydrogens is 486 g/mol. The number of carbonyl (C=O) groups is 2. The van der Waals surface area contributed by atoms with Crippen molar-refractivity contribution in [3.05, 3.63) is 94.9 Å². The van der Waals surface area contributed by atoms with Crippen molar-refractivity contribution >= 4 is 45.7 Å². The standard InChI is InChI=1S/C29H29N3O2S2/c1-4-8-25(33)30-23-15-17-24(18-16-23)36-27(22-9-6-5-7-10-22)28(34)32-29-31-26(20(3)35-29)21-13-11-19(2)12-14-21/h5-7,9-18,27H,4,8H2,1-3H3,(H,30,33)(H,31,32,34). The zero-order valence-electron chi connectivity index (χ0n) is 20.6.